The maximum atomic E-state index is 13.0. The van der Waals surface area contributed by atoms with E-state index in [1.54, 1.807) is 0 Å². The lowest BCUT2D eigenvalue weighted by Crippen LogP contribution is -2.33. The Kier molecular flexibility index (Phi) is 4.94. The molecule has 1 aromatic rings. The van der Waals surface area contributed by atoms with Crippen molar-refractivity contribution < 1.29 is 31.1 Å². The fourth-order valence-corrected chi connectivity index (χ4v) is 3.68. The van der Waals surface area contributed by atoms with Gasteiger partial charge in [0.1, 0.15) is 0 Å². The second-order valence-electron chi connectivity index (χ2n) is 6.84. The minimum Gasteiger partial charge on any atom is -0.339 e. The van der Waals surface area contributed by atoms with E-state index in [1.165, 1.54) is 4.90 Å². The number of hydrogen-bond acceptors (Lipinski definition) is 2. The van der Waals surface area contributed by atoms with Crippen molar-refractivity contribution in [2.24, 2.45) is 11.8 Å². The van der Waals surface area contributed by atoms with Crippen LogP contribution in [0.4, 0.5) is 26.3 Å². The lowest BCUT2D eigenvalue weighted by molar-refractivity contribution is -0.143. The lowest BCUT2D eigenvalue weighted by Gasteiger charge is -2.22. The van der Waals surface area contributed by atoms with Crippen LogP contribution >= 0.6 is 0 Å². The molecule has 26 heavy (non-hydrogen) atoms. The summed E-state index contributed by atoms with van der Waals surface area (Å²) in [4.78, 5) is 14.0. The first-order valence-electron chi connectivity index (χ1n) is 8.35. The molecule has 0 bridgehead atoms. The highest BCUT2D eigenvalue weighted by molar-refractivity contribution is 5.94. The number of halogens is 6. The third kappa shape index (κ3) is 3.97. The van der Waals surface area contributed by atoms with Crippen molar-refractivity contribution in [3.63, 3.8) is 0 Å². The highest BCUT2D eigenvalue weighted by atomic mass is 19.4. The van der Waals surface area contributed by atoms with Crippen molar-refractivity contribution in [1.29, 1.82) is 0 Å². The average Bonchev–Trinajstić information content (AvgIpc) is 2.91. The van der Waals surface area contributed by atoms with E-state index in [2.05, 4.69) is 5.32 Å². The van der Waals surface area contributed by atoms with Gasteiger partial charge in [-0.05, 0) is 56.0 Å². The van der Waals surface area contributed by atoms with Crippen molar-refractivity contribution in [3.05, 3.63) is 34.9 Å². The van der Waals surface area contributed by atoms with Crippen LogP contribution < -0.4 is 5.32 Å². The van der Waals surface area contributed by atoms with E-state index >= 15 is 0 Å². The fraction of sp³-hybridized carbons (Fsp3) is 0.588. The number of nitrogens with zero attached hydrogens (tertiary/aromatic N) is 1. The number of carbonyl (C=O) groups is 1. The second kappa shape index (κ2) is 6.75. The van der Waals surface area contributed by atoms with Crippen LogP contribution in [0.3, 0.4) is 0 Å². The van der Waals surface area contributed by atoms with E-state index in [0.717, 1.165) is 13.1 Å². The normalized spacial score (nSPS) is 24.3. The number of fused-ring (bicyclic) bond motifs is 1. The van der Waals surface area contributed by atoms with Gasteiger partial charge < -0.3 is 10.2 Å². The van der Waals surface area contributed by atoms with Gasteiger partial charge in [0.05, 0.1) is 11.1 Å². The predicted octanol–water partition coefficient (Wildman–Crippen LogP) is 3.80. The SMILES string of the molecule is O=C(c1cc(C(F)(F)F)cc(C(F)(F)F)c1)N1CC[C@@H]2CNC[C@@H]2CC1. The fourth-order valence-electron chi connectivity index (χ4n) is 3.68. The third-order valence-corrected chi connectivity index (χ3v) is 5.14. The molecule has 9 heteroatoms. The zero-order valence-corrected chi connectivity index (χ0v) is 13.8. The van der Waals surface area contributed by atoms with E-state index in [1.807, 2.05) is 0 Å². The summed E-state index contributed by atoms with van der Waals surface area (Å²) in [5, 5.41) is 3.26. The molecule has 0 spiro atoms. The summed E-state index contributed by atoms with van der Waals surface area (Å²) in [5.74, 6) is -0.00498. The molecule has 2 atom stereocenters. The molecule has 1 amide bonds. The monoisotopic (exact) mass is 380 g/mol. The number of nitrogens with one attached hydrogen (secondary N) is 1. The van der Waals surface area contributed by atoms with Crippen molar-refractivity contribution >= 4 is 5.91 Å². The third-order valence-electron chi connectivity index (χ3n) is 5.14. The quantitative estimate of drug-likeness (QED) is 0.752. The molecule has 0 unspecified atom stereocenters. The Morgan fingerprint density at radius 2 is 1.35 bits per heavy atom. The Hall–Kier alpha value is -1.77. The molecule has 144 valence electrons. The molecule has 2 saturated heterocycles. The van der Waals surface area contributed by atoms with Crippen LogP contribution in [0.2, 0.25) is 0 Å². The Labute approximate surface area is 146 Å². The zero-order chi connectivity index (χ0) is 19.1. The predicted molar refractivity (Wildman–Crippen MR) is 81.4 cm³/mol. The molecule has 0 saturated carbocycles. The molecule has 2 aliphatic rings. The molecular weight excluding hydrogens is 362 g/mol. The maximum absolute atomic E-state index is 13.0. The number of benzene rings is 1. The Morgan fingerprint density at radius 1 is 0.885 bits per heavy atom. The van der Waals surface area contributed by atoms with Crippen molar-refractivity contribution in [2.45, 2.75) is 25.2 Å². The number of amides is 1. The second-order valence-corrected chi connectivity index (χ2v) is 6.84. The highest BCUT2D eigenvalue weighted by Crippen LogP contribution is 2.37. The molecule has 2 aliphatic heterocycles. The molecular formula is C17H18F6N2O. The van der Waals surface area contributed by atoms with Crippen LogP contribution in [-0.2, 0) is 12.4 Å². The summed E-state index contributed by atoms with van der Waals surface area (Å²) in [6.07, 6.45) is -8.54. The molecule has 1 aromatic carbocycles. The lowest BCUT2D eigenvalue weighted by atomic mass is 9.92. The van der Waals surface area contributed by atoms with Crippen LogP contribution in [0.15, 0.2) is 18.2 Å². The van der Waals surface area contributed by atoms with Crippen LogP contribution in [-0.4, -0.2) is 37.0 Å². The van der Waals surface area contributed by atoms with Crippen LogP contribution in [0.25, 0.3) is 0 Å². The van der Waals surface area contributed by atoms with Gasteiger partial charge in [-0.2, -0.15) is 26.3 Å². The number of hydrogen-bond donors (Lipinski definition) is 1. The summed E-state index contributed by atoms with van der Waals surface area (Å²) in [7, 11) is 0. The van der Waals surface area contributed by atoms with E-state index in [9.17, 15) is 31.1 Å². The molecule has 2 fully saturated rings. The number of likely N-dealkylation sites (tertiary alicyclic amines) is 1. The van der Waals surface area contributed by atoms with E-state index < -0.39 is 35.0 Å². The summed E-state index contributed by atoms with van der Waals surface area (Å²) in [6, 6.07) is 1.05. The van der Waals surface area contributed by atoms with Gasteiger partial charge in [-0.15, -0.1) is 0 Å². The topological polar surface area (TPSA) is 32.3 Å². The van der Waals surface area contributed by atoms with Crippen LogP contribution in [0.5, 0.6) is 0 Å². The Bertz CT molecular complexity index is 639. The minimum atomic E-state index is -4.96. The average molecular weight is 380 g/mol. The first-order valence-corrected chi connectivity index (χ1v) is 8.35. The molecule has 1 N–H and O–H groups in total. The van der Waals surface area contributed by atoms with E-state index in [-0.39, 0.29) is 6.07 Å². The first-order chi connectivity index (χ1) is 12.1. The summed E-state index contributed by atoms with van der Waals surface area (Å²) in [6.45, 7) is 2.32. The van der Waals surface area contributed by atoms with Gasteiger partial charge in [-0.1, -0.05) is 0 Å². The van der Waals surface area contributed by atoms with Crippen molar-refractivity contribution in [1.82, 2.24) is 10.2 Å². The van der Waals surface area contributed by atoms with Gasteiger partial charge in [-0.3, -0.25) is 4.79 Å². The zero-order valence-electron chi connectivity index (χ0n) is 13.8. The van der Waals surface area contributed by atoms with Gasteiger partial charge in [0, 0.05) is 18.7 Å². The van der Waals surface area contributed by atoms with Gasteiger partial charge in [0.15, 0.2) is 0 Å². The van der Waals surface area contributed by atoms with Crippen molar-refractivity contribution in [3.8, 4) is 0 Å². The minimum absolute atomic E-state index is 0.0370. The van der Waals surface area contributed by atoms with Crippen LogP contribution in [0.1, 0.15) is 34.3 Å². The Morgan fingerprint density at radius 3 is 1.77 bits per heavy atom. The molecule has 0 aromatic heterocycles. The number of carbonyl (C=O) groups excluding carboxylic acids is 1. The summed E-state index contributed by atoms with van der Waals surface area (Å²) in [5.41, 5.74) is -3.50. The summed E-state index contributed by atoms with van der Waals surface area (Å²) < 4.78 is 77.8. The largest absolute Gasteiger partial charge is 0.416 e. The molecule has 0 radical (unpaired) electrons. The van der Waals surface area contributed by atoms with Crippen LogP contribution in [0, 0.1) is 11.8 Å². The van der Waals surface area contributed by atoms with Gasteiger partial charge >= 0.3 is 12.4 Å². The van der Waals surface area contributed by atoms with Crippen molar-refractivity contribution in [2.75, 3.05) is 26.2 Å². The standard InChI is InChI=1S/C17H18F6N2O/c18-16(19,20)13-5-12(6-14(7-13)17(21,22)23)15(26)25-3-1-10-8-24-9-11(10)2-4-25/h5-7,10-11,24H,1-4,8-9H2/t10-,11+. The van der Waals surface area contributed by atoms with Gasteiger partial charge in [0.2, 0.25) is 0 Å². The molecule has 2 heterocycles. The number of rotatable bonds is 1. The van der Waals surface area contributed by atoms with Gasteiger partial charge in [-0.25, -0.2) is 0 Å². The van der Waals surface area contributed by atoms with E-state index in [4.69, 9.17) is 0 Å². The first kappa shape index (κ1) is 19.0. The van der Waals surface area contributed by atoms with E-state index in [0.29, 0.717) is 49.9 Å². The number of alkyl halides is 6. The summed E-state index contributed by atoms with van der Waals surface area (Å²) >= 11 is 0. The highest BCUT2D eigenvalue weighted by Gasteiger charge is 2.38. The Balaban J connectivity index is 1.88. The molecule has 3 rings (SSSR count). The van der Waals surface area contributed by atoms with Gasteiger partial charge in [0.25, 0.3) is 5.91 Å². The molecule has 0 aliphatic carbocycles. The maximum Gasteiger partial charge on any atom is 0.416 e. The smallest absolute Gasteiger partial charge is 0.339 e. The molecule has 3 nitrogen and oxygen atoms in total.